The third kappa shape index (κ3) is 2.81. The van der Waals surface area contributed by atoms with Gasteiger partial charge in [-0.2, -0.15) is 5.10 Å². The molecule has 0 bridgehead atoms. The van der Waals surface area contributed by atoms with Gasteiger partial charge in [-0.15, -0.1) is 0 Å². The number of aryl methyl sites for hydroxylation is 1. The van der Waals surface area contributed by atoms with Gasteiger partial charge in [0.2, 0.25) is 15.6 Å². The van der Waals surface area contributed by atoms with Crippen LogP contribution in [-0.2, 0) is 17.1 Å². The van der Waals surface area contributed by atoms with Crippen LogP contribution in [0.3, 0.4) is 0 Å². The van der Waals surface area contributed by atoms with Gasteiger partial charge in [-0.05, 0) is 19.9 Å². The smallest absolute Gasteiger partial charge is 0.247 e. The van der Waals surface area contributed by atoms with Crippen LogP contribution in [-0.4, -0.2) is 23.2 Å². The van der Waals surface area contributed by atoms with Crippen LogP contribution >= 0.6 is 0 Å². The zero-order valence-corrected chi connectivity index (χ0v) is 12.2. The van der Waals surface area contributed by atoms with Gasteiger partial charge in [0, 0.05) is 36.6 Å². The van der Waals surface area contributed by atoms with Gasteiger partial charge >= 0.3 is 0 Å². The Bertz CT molecular complexity index is 756. The van der Waals surface area contributed by atoms with Crippen LogP contribution < -0.4 is 10.3 Å². The standard InChI is InChI=1S/C12H16N4O3S/c1-8(11-7-14-16(3)9(11)2)15-20(18,19)10-4-5-12(17)13-6-10/h4-8,15H,1-3H3,(H,13,17). The lowest BCUT2D eigenvalue weighted by Crippen LogP contribution is -2.27. The fraction of sp³-hybridized carbons (Fsp3) is 0.333. The molecule has 0 fully saturated rings. The van der Waals surface area contributed by atoms with E-state index in [1.807, 2.05) is 6.92 Å². The Kier molecular flexibility index (Phi) is 3.78. The highest BCUT2D eigenvalue weighted by Crippen LogP contribution is 2.18. The Balaban J connectivity index is 2.26. The third-order valence-corrected chi connectivity index (χ3v) is 4.68. The molecule has 2 aromatic heterocycles. The molecular weight excluding hydrogens is 280 g/mol. The van der Waals surface area contributed by atoms with Crippen molar-refractivity contribution in [1.82, 2.24) is 19.5 Å². The van der Waals surface area contributed by atoms with Crippen molar-refractivity contribution in [2.24, 2.45) is 7.05 Å². The van der Waals surface area contributed by atoms with Crippen molar-refractivity contribution in [2.45, 2.75) is 24.8 Å². The predicted molar refractivity (Wildman–Crippen MR) is 73.7 cm³/mol. The molecule has 108 valence electrons. The Hall–Kier alpha value is -1.93. The minimum atomic E-state index is -3.69. The fourth-order valence-corrected chi connectivity index (χ4v) is 3.06. The summed E-state index contributed by atoms with van der Waals surface area (Å²) in [6.45, 7) is 3.61. The van der Waals surface area contributed by atoms with Gasteiger partial charge < -0.3 is 4.98 Å². The lowest BCUT2D eigenvalue weighted by Gasteiger charge is -2.14. The van der Waals surface area contributed by atoms with Crippen molar-refractivity contribution < 1.29 is 8.42 Å². The maximum Gasteiger partial charge on any atom is 0.247 e. The van der Waals surface area contributed by atoms with E-state index in [-0.39, 0.29) is 10.5 Å². The molecular formula is C12H16N4O3S. The normalized spacial score (nSPS) is 13.3. The van der Waals surface area contributed by atoms with Crippen LogP contribution in [0.25, 0.3) is 0 Å². The topological polar surface area (TPSA) is 96.8 Å². The number of sulfonamides is 1. The van der Waals surface area contributed by atoms with Gasteiger partial charge in [-0.1, -0.05) is 0 Å². The Morgan fingerprint density at radius 1 is 1.40 bits per heavy atom. The maximum absolute atomic E-state index is 12.2. The van der Waals surface area contributed by atoms with E-state index in [4.69, 9.17) is 0 Å². The highest BCUT2D eigenvalue weighted by atomic mass is 32.2. The summed E-state index contributed by atoms with van der Waals surface area (Å²) in [5, 5.41) is 4.09. The third-order valence-electron chi connectivity index (χ3n) is 3.14. The average Bonchev–Trinajstić information content (AvgIpc) is 2.70. The molecule has 0 aromatic carbocycles. The molecule has 0 radical (unpaired) electrons. The molecule has 2 aromatic rings. The first kappa shape index (κ1) is 14.5. The second-order valence-corrected chi connectivity index (χ2v) is 6.25. The molecule has 2 heterocycles. The number of rotatable bonds is 4. The van der Waals surface area contributed by atoms with Crippen molar-refractivity contribution in [3.63, 3.8) is 0 Å². The minimum absolute atomic E-state index is 0.0190. The molecule has 1 unspecified atom stereocenters. The van der Waals surface area contributed by atoms with E-state index in [9.17, 15) is 13.2 Å². The van der Waals surface area contributed by atoms with E-state index < -0.39 is 16.1 Å². The number of hydrogen-bond donors (Lipinski definition) is 2. The number of pyridine rings is 1. The van der Waals surface area contributed by atoms with E-state index in [0.29, 0.717) is 0 Å². The van der Waals surface area contributed by atoms with E-state index in [1.54, 1.807) is 24.9 Å². The molecule has 0 aliphatic carbocycles. The molecule has 7 nitrogen and oxygen atoms in total. The monoisotopic (exact) mass is 296 g/mol. The second-order valence-electron chi connectivity index (χ2n) is 4.54. The van der Waals surface area contributed by atoms with Gasteiger partial charge in [0.15, 0.2) is 0 Å². The molecule has 8 heteroatoms. The summed E-state index contributed by atoms with van der Waals surface area (Å²) in [7, 11) is -1.90. The van der Waals surface area contributed by atoms with Crippen LogP contribution in [0, 0.1) is 6.92 Å². The molecule has 1 atom stereocenters. The summed E-state index contributed by atoms with van der Waals surface area (Å²) in [4.78, 5) is 13.3. The molecule has 0 amide bonds. The van der Waals surface area contributed by atoms with Crippen molar-refractivity contribution >= 4 is 10.0 Å². The summed E-state index contributed by atoms with van der Waals surface area (Å²) < 4.78 is 28.6. The molecule has 0 aliphatic rings. The Labute approximate surface area is 116 Å². The number of aromatic amines is 1. The zero-order valence-electron chi connectivity index (χ0n) is 11.4. The van der Waals surface area contributed by atoms with Gasteiger partial charge in [0.05, 0.1) is 11.1 Å². The lowest BCUT2D eigenvalue weighted by atomic mass is 10.1. The van der Waals surface area contributed by atoms with E-state index in [1.165, 1.54) is 18.3 Å². The number of nitrogens with zero attached hydrogens (tertiary/aromatic N) is 2. The predicted octanol–water partition coefficient (Wildman–Crippen LogP) is 0.456. The Morgan fingerprint density at radius 3 is 2.60 bits per heavy atom. The van der Waals surface area contributed by atoms with E-state index >= 15 is 0 Å². The quantitative estimate of drug-likeness (QED) is 0.856. The minimum Gasteiger partial charge on any atom is -0.328 e. The molecule has 2 rings (SSSR count). The highest BCUT2D eigenvalue weighted by Gasteiger charge is 2.20. The summed E-state index contributed by atoms with van der Waals surface area (Å²) in [6.07, 6.45) is 2.81. The van der Waals surface area contributed by atoms with Crippen LogP contribution in [0.1, 0.15) is 24.2 Å². The highest BCUT2D eigenvalue weighted by molar-refractivity contribution is 7.89. The first-order valence-electron chi connectivity index (χ1n) is 6.01. The summed E-state index contributed by atoms with van der Waals surface area (Å²) in [5.74, 6) is 0. The van der Waals surface area contributed by atoms with E-state index in [0.717, 1.165) is 11.3 Å². The zero-order chi connectivity index (χ0) is 14.9. The van der Waals surface area contributed by atoms with Gasteiger partial charge in [-0.3, -0.25) is 9.48 Å². The van der Waals surface area contributed by atoms with Crippen LogP contribution in [0.5, 0.6) is 0 Å². The van der Waals surface area contributed by atoms with Gasteiger partial charge in [0.1, 0.15) is 0 Å². The fourth-order valence-electron chi connectivity index (χ4n) is 1.87. The van der Waals surface area contributed by atoms with Gasteiger partial charge in [-0.25, -0.2) is 13.1 Å². The SMILES string of the molecule is Cc1c(C(C)NS(=O)(=O)c2ccc(=O)[nH]c2)cnn1C. The number of nitrogens with one attached hydrogen (secondary N) is 2. The van der Waals surface area contributed by atoms with Gasteiger partial charge in [0.25, 0.3) is 0 Å². The summed E-state index contributed by atoms with van der Waals surface area (Å²) in [6, 6.07) is 2.03. The molecule has 20 heavy (non-hydrogen) atoms. The van der Waals surface area contributed by atoms with Crippen molar-refractivity contribution in [2.75, 3.05) is 0 Å². The average molecular weight is 296 g/mol. The number of aromatic nitrogens is 3. The van der Waals surface area contributed by atoms with Crippen LogP contribution in [0.4, 0.5) is 0 Å². The van der Waals surface area contributed by atoms with Crippen LogP contribution in [0.15, 0.2) is 34.2 Å². The lowest BCUT2D eigenvalue weighted by molar-refractivity contribution is 0.565. The summed E-state index contributed by atoms with van der Waals surface area (Å²) >= 11 is 0. The first-order chi connectivity index (χ1) is 9.31. The Morgan fingerprint density at radius 2 is 2.10 bits per heavy atom. The summed E-state index contributed by atoms with van der Waals surface area (Å²) in [5.41, 5.74) is 1.35. The molecule has 0 saturated heterocycles. The second kappa shape index (κ2) is 5.22. The van der Waals surface area contributed by atoms with Crippen LogP contribution in [0.2, 0.25) is 0 Å². The van der Waals surface area contributed by atoms with Crippen molar-refractivity contribution in [1.29, 1.82) is 0 Å². The number of hydrogen-bond acceptors (Lipinski definition) is 4. The largest absolute Gasteiger partial charge is 0.328 e. The molecule has 0 spiro atoms. The first-order valence-corrected chi connectivity index (χ1v) is 7.49. The molecule has 2 N–H and O–H groups in total. The molecule has 0 aliphatic heterocycles. The van der Waals surface area contributed by atoms with Crippen molar-refractivity contribution in [3.05, 3.63) is 46.1 Å². The van der Waals surface area contributed by atoms with Crippen molar-refractivity contribution in [3.8, 4) is 0 Å². The molecule has 0 saturated carbocycles. The van der Waals surface area contributed by atoms with E-state index in [2.05, 4.69) is 14.8 Å². The number of H-pyrrole nitrogens is 1. The maximum atomic E-state index is 12.2.